The number of hydrogen-bond donors (Lipinski definition) is 3. The minimum Gasteiger partial charge on any atom is -0.409 e. The van der Waals surface area contributed by atoms with Crippen molar-refractivity contribution in [3.8, 4) is 0 Å². The average Bonchev–Trinajstić information content (AvgIpc) is 2.22. The predicted octanol–water partition coefficient (Wildman–Crippen LogP) is -0.0883. The predicted molar refractivity (Wildman–Crippen MR) is 56.7 cm³/mol. The number of ether oxygens (including phenoxy) is 1. The zero-order chi connectivity index (χ0) is 11.9. The van der Waals surface area contributed by atoms with Crippen molar-refractivity contribution in [3.05, 3.63) is 0 Å². The zero-order valence-electron chi connectivity index (χ0n) is 9.41. The summed E-state index contributed by atoms with van der Waals surface area (Å²) in [5.74, 6) is -0.374. The Balaban J connectivity index is 4.09. The number of amides is 1. The second-order valence-corrected chi connectivity index (χ2v) is 3.71. The zero-order valence-corrected chi connectivity index (χ0v) is 9.41. The van der Waals surface area contributed by atoms with Gasteiger partial charge in [-0.05, 0) is 20.3 Å². The van der Waals surface area contributed by atoms with Crippen molar-refractivity contribution in [2.45, 2.75) is 20.3 Å². The van der Waals surface area contributed by atoms with E-state index in [0.717, 1.165) is 6.42 Å². The summed E-state index contributed by atoms with van der Waals surface area (Å²) in [7, 11) is 1.60. The molecule has 1 amide bonds. The topological polar surface area (TPSA) is 96.9 Å². The van der Waals surface area contributed by atoms with Gasteiger partial charge in [0.1, 0.15) is 5.41 Å². The molecule has 0 saturated carbocycles. The summed E-state index contributed by atoms with van der Waals surface area (Å²) in [6, 6.07) is 0. The molecule has 0 aromatic carbocycles. The number of oxime groups is 1. The number of methoxy groups -OCH3 is 1. The van der Waals surface area contributed by atoms with Crippen molar-refractivity contribution in [1.29, 1.82) is 0 Å². The van der Waals surface area contributed by atoms with Crippen LogP contribution in [0, 0.1) is 5.41 Å². The SMILES string of the molecule is COCCCNC(=O)C(C)(C)C(N)=NO. The van der Waals surface area contributed by atoms with Crippen LogP contribution in [0.4, 0.5) is 0 Å². The molecule has 0 unspecified atom stereocenters. The fourth-order valence-corrected chi connectivity index (χ4v) is 0.881. The van der Waals surface area contributed by atoms with Crippen LogP contribution in [0.1, 0.15) is 20.3 Å². The smallest absolute Gasteiger partial charge is 0.233 e. The van der Waals surface area contributed by atoms with E-state index in [-0.39, 0.29) is 11.7 Å². The summed E-state index contributed by atoms with van der Waals surface area (Å²) in [6.07, 6.45) is 0.731. The largest absolute Gasteiger partial charge is 0.409 e. The molecule has 0 fully saturated rings. The molecule has 0 bridgehead atoms. The van der Waals surface area contributed by atoms with Gasteiger partial charge < -0.3 is 21.0 Å². The van der Waals surface area contributed by atoms with E-state index in [1.54, 1.807) is 21.0 Å². The fourth-order valence-electron chi connectivity index (χ4n) is 0.881. The summed E-state index contributed by atoms with van der Waals surface area (Å²) >= 11 is 0. The Labute approximate surface area is 89.5 Å². The van der Waals surface area contributed by atoms with Gasteiger partial charge in [-0.1, -0.05) is 5.16 Å². The van der Waals surface area contributed by atoms with E-state index in [9.17, 15) is 4.79 Å². The number of carbonyl (C=O) groups excluding carboxylic acids is 1. The van der Waals surface area contributed by atoms with Crippen LogP contribution < -0.4 is 11.1 Å². The molecule has 0 saturated heterocycles. The second kappa shape index (κ2) is 6.23. The van der Waals surface area contributed by atoms with Gasteiger partial charge in [-0.2, -0.15) is 0 Å². The van der Waals surface area contributed by atoms with Gasteiger partial charge in [0.15, 0.2) is 5.84 Å². The van der Waals surface area contributed by atoms with Crippen LogP contribution in [0.3, 0.4) is 0 Å². The molecule has 6 heteroatoms. The molecule has 6 nitrogen and oxygen atoms in total. The molecule has 0 heterocycles. The summed E-state index contributed by atoms with van der Waals surface area (Å²) in [4.78, 5) is 11.6. The summed E-state index contributed by atoms with van der Waals surface area (Å²) in [6.45, 7) is 4.28. The van der Waals surface area contributed by atoms with E-state index in [4.69, 9.17) is 15.7 Å². The normalized spacial score (nSPS) is 12.6. The minimum atomic E-state index is -0.998. The molecule has 88 valence electrons. The van der Waals surface area contributed by atoms with Gasteiger partial charge >= 0.3 is 0 Å². The Morgan fingerprint density at radius 1 is 1.60 bits per heavy atom. The van der Waals surface area contributed by atoms with E-state index < -0.39 is 5.41 Å². The third-order valence-electron chi connectivity index (χ3n) is 2.13. The first kappa shape index (κ1) is 13.7. The number of nitrogens with one attached hydrogen (secondary N) is 1. The van der Waals surface area contributed by atoms with Crippen molar-refractivity contribution in [1.82, 2.24) is 5.32 Å². The van der Waals surface area contributed by atoms with E-state index in [2.05, 4.69) is 10.5 Å². The lowest BCUT2D eigenvalue weighted by Gasteiger charge is -2.21. The highest BCUT2D eigenvalue weighted by molar-refractivity contribution is 6.05. The number of hydrogen-bond acceptors (Lipinski definition) is 4. The minimum absolute atomic E-state index is 0.105. The quantitative estimate of drug-likeness (QED) is 0.190. The van der Waals surface area contributed by atoms with E-state index in [0.29, 0.717) is 13.2 Å². The van der Waals surface area contributed by atoms with Crippen molar-refractivity contribution in [3.63, 3.8) is 0 Å². The highest BCUT2D eigenvalue weighted by Crippen LogP contribution is 2.14. The molecular weight excluding hydrogens is 198 g/mol. The number of nitrogens with zero attached hydrogens (tertiary/aromatic N) is 1. The maximum Gasteiger partial charge on any atom is 0.233 e. The third-order valence-corrected chi connectivity index (χ3v) is 2.13. The van der Waals surface area contributed by atoms with Crippen LogP contribution >= 0.6 is 0 Å². The van der Waals surface area contributed by atoms with E-state index in [1.807, 2.05) is 0 Å². The summed E-state index contributed by atoms with van der Waals surface area (Å²) < 4.78 is 4.84. The molecule has 0 atom stereocenters. The van der Waals surface area contributed by atoms with Gasteiger partial charge in [0.05, 0.1) is 0 Å². The highest BCUT2D eigenvalue weighted by Gasteiger charge is 2.32. The monoisotopic (exact) mass is 217 g/mol. The number of carbonyl (C=O) groups is 1. The Bertz CT molecular complexity index is 239. The standard InChI is InChI=1S/C9H19N3O3/c1-9(2,7(10)12-14)8(13)11-5-4-6-15-3/h14H,4-6H2,1-3H3,(H2,10,12)(H,11,13). The van der Waals surface area contributed by atoms with Gasteiger partial charge in [0, 0.05) is 20.3 Å². The van der Waals surface area contributed by atoms with Crippen LogP contribution in [0.5, 0.6) is 0 Å². The average molecular weight is 217 g/mol. The Morgan fingerprint density at radius 2 is 2.20 bits per heavy atom. The third kappa shape index (κ3) is 4.16. The van der Waals surface area contributed by atoms with Crippen molar-refractivity contribution in [2.24, 2.45) is 16.3 Å². The molecule has 0 aromatic heterocycles. The molecule has 0 rings (SSSR count). The van der Waals surface area contributed by atoms with Crippen molar-refractivity contribution < 1.29 is 14.7 Å². The number of rotatable bonds is 6. The number of nitrogens with two attached hydrogens (primary N) is 1. The van der Waals surface area contributed by atoms with E-state index in [1.165, 1.54) is 0 Å². The summed E-state index contributed by atoms with van der Waals surface area (Å²) in [5, 5.41) is 14.0. The molecule has 0 aromatic rings. The first-order valence-electron chi connectivity index (χ1n) is 4.72. The molecule has 0 spiro atoms. The lowest BCUT2D eigenvalue weighted by molar-refractivity contribution is -0.126. The van der Waals surface area contributed by atoms with Gasteiger partial charge in [0.25, 0.3) is 0 Å². The van der Waals surface area contributed by atoms with Gasteiger partial charge in [-0.15, -0.1) is 0 Å². The van der Waals surface area contributed by atoms with Gasteiger partial charge in [-0.25, -0.2) is 0 Å². The Hall–Kier alpha value is -1.30. The molecule has 0 aliphatic carbocycles. The number of amidine groups is 1. The van der Waals surface area contributed by atoms with Crippen LogP contribution in [-0.2, 0) is 9.53 Å². The molecule has 0 radical (unpaired) electrons. The van der Waals surface area contributed by atoms with Gasteiger partial charge in [-0.3, -0.25) is 4.79 Å². The Kier molecular flexibility index (Phi) is 5.69. The first-order valence-corrected chi connectivity index (χ1v) is 4.72. The van der Waals surface area contributed by atoms with Crippen LogP contribution in [-0.4, -0.2) is 37.2 Å². The Morgan fingerprint density at radius 3 is 2.67 bits per heavy atom. The molecule has 4 N–H and O–H groups in total. The van der Waals surface area contributed by atoms with Gasteiger partial charge in [0.2, 0.25) is 5.91 Å². The molecule has 15 heavy (non-hydrogen) atoms. The van der Waals surface area contributed by atoms with Crippen LogP contribution in [0.2, 0.25) is 0 Å². The molecular formula is C9H19N3O3. The highest BCUT2D eigenvalue weighted by atomic mass is 16.5. The first-order chi connectivity index (χ1) is 6.96. The molecule has 0 aliphatic heterocycles. The summed E-state index contributed by atoms with van der Waals surface area (Å²) in [5.41, 5.74) is 4.40. The lowest BCUT2D eigenvalue weighted by atomic mass is 9.91. The van der Waals surface area contributed by atoms with Crippen molar-refractivity contribution >= 4 is 11.7 Å². The van der Waals surface area contributed by atoms with E-state index >= 15 is 0 Å². The fraction of sp³-hybridized carbons (Fsp3) is 0.778. The van der Waals surface area contributed by atoms with Crippen LogP contribution in [0.25, 0.3) is 0 Å². The maximum absolute atomic E-state index is 11.6. The lowest BCUT2D eigenvalue weighted by Crippen LogP contribution is -2.46. The van der Waals surface area contributed by atoms with Crippen LogP contribution in [0.15, 0.2) is 5.16 Å². The van der Waals surface area contributed by atoms with Crippen molar-refractivity contribution in [2.75, 3.05) is 20.3 Å². The maximum atomic E-state index is 11.6. The second-order valence-electron chi connectivity index (χ2n) is 3.71. The molecule has 0 aliphatic rings.